The molecular weight excluding hydrogens is 318 g/mol. The zero-order valence-corrected chi connectivity index (χ0v) is 15.3. The third-order valence-electron chi connectivity index (χ3n) is 3.92. The van der Waals surface area contributed by atoms with Crippen LogP contribution < -0.4 is 10.2 Å². The molecule has 7 heteroatoms. The van der Waals surface area contributed by atoms with Gasteiger partial charge >= 0.3 is 0 Å². The van der Waals surface area contributed by atoms with Crippen molar-refractivity contribution in [1.82, 2.24) is 20.2 Å². The molecule has 0 aromatic carbocycles. The van der Waals surface area contributed by atoms with Crippen LogP contribution in [0.25, 0.3) is 0 Å². The van der Waals surface area contributed by atoms with Crippen molar-refractivity contribution in [3.63, 3.8) is 0 Å². The molecule has 2 heterocycles. The van der Waals surface area contributed by atoms with E-state index in [4.69, 9.17) is 11.6 Å². The molecule has 22 heavy (non-hydrogen) atoms. The van der Waals surface area contributed by atoms with Gasteiger partial charge in [-0.25, -0.2) is 4.98 Å². The first-order chi connectivity index (χ1) is 10.7. The number of unbranched alkanes of at least 4 members (excludes halogenated alkanes) is 2. The van der Waals surface area contributed by atoms with Crippen molar-refractivity contribution in [2.24, 2.45) is 0 Å². The van der Waals surface area contributed by atoms with Gasteiger partial charge in [-0.3, -0.25) is 5.32 Å². The van der Waals surface area contributed by atoms with Crippen molar-refractivity contribution in [2.45, 2.75) is 37.2 Å². The molecule has 0 aliphatic carbocycles. The summed E-state index contributed by atoms with van der Waals surface area (Å²) in [6.07, 6.45) is 7.76. The van der Waals surface area contributed by atoms with E-state index in [0.29, 0.717) is 5.15 Å². The number of hydrogen-bond donors (Lipinski definition) is 1. The number of rotatable bonds is 7. The van der Waals surface area contributed by atoms with Crippen LogP contribution in [0.4, 0.5) is 5.95 Å². The van der Waals surface area contributed by atoms with Crippen molar-refractivity contribution >= 4 is 29.3 Å². The van der Waals surface area contributed by atoms with Gasteiger partial charge in [-0.15, -0.1) is 11.8 Å². The smallest absolute Gasteiger partial charge is 0.228 e. The summed E-state index contributed by atoms with van der Waals surface area (Å²) in [5.41, 5.74) is 0. The molecule has 1 aromatic heterocycles. The highest BCUT2D eigenvalue weighted by Crippen LogP contribution is 2.25. The lowest BCUT2D eigenvalue weighted by molar-refractivity contribution is 0.242. The number of hydrogen-bond acceptors (Lipinski definition) is 6. The minimum Gasteiger partial charge on any atom is -0.323 e. The Bertz CT molecular complexity index is 473. The Morgan fingerprint density at radius 3 is 2.91 bits per heavy atom. The molecule has 1 saturated heterocycles. The van der Waals surface area contributed by atoms with Gasteiger partial charge in [-0.1, -0.05) is 31.4 Å². The minimum atomic E-state index is 0.242. The lowest BCUT2D eigenvalue weighted by Crippen LogP contribution is -2.59. The van der Waals surface area contributed by atoms with Crippen LogP contribution in [-0.2, 0) is 0 Å². The second-order valence-electron chi connectivity index (χ2n) is 5.66. The van der Waals surface area contributed by atoms with E-state index >= 15 is 0 Å². The van der Waals surface area contributed by atoms with Crippen molar-refractivity contribution in [3.8, 4) is 0 Å². The molecule has 1 aliphatic heterocycles. The molecule has 2 rings (SSSR count). The van der Waals surface area contributed by atoms with E-state index < -0.39 is 0 Å². The molecule has 5 nitrogen and oxygen atoms in total. The molecule has 0 radical (unpaired) electrons. The molecule has 124 valence electrons. The topological polar surface area (TPSA) is 44.3 Å². The summed E-state index contributed by atoms with van der Waals surface area (Å²) in [7, 11) is 2.16. The Morgan fingerprint density at radius 1 is 1.41 bits per heavy atom. The number of thioether (sulfide) groups is 1. The predicted octanol–water partition coefficient (Wildman–Crippen LogP) is 2.71. The largest absolute Gasteiger partial charge is 0.323 e. The van der Waals surface area contributed by atoms with Gasteiger partial charge in [-0.2, -0.15) is 4.98 Å². The quantitative estimate of drug-likeness (QED) is 0.466. The van der Waals surface area contributed by atoms with Crippen molar-refractivity contribution in [3.05, 3.63) is 11.3 Å². The summed E-state index contributed by atoms with van der Waals surface area (Å²) in [6.45, 7) is 6.15. The van der Waals surface area contributed by atoms with Crippen molar-refractivity contribution in [2.75, 3.05) is 44.4 Å². The molecule has 1 aliphatic rings. The van der Waals surface area contributed by atoms with E-state index in [2.05, 4.69) is 39.1 Å². The monoisotopic (exact) mass is 343 g/mol. The maximum atomic E-state index is 6.24. The van der Waals surface area contributed by atoms with Crippen LogP contribution in [0.15, 0.2) is 11.1 Å². The number of aromatic nitrogens is 2. The molecule has 1 N–H and O–H groups in total. The highest BCUT2D eigenvalue weighted by molar-refractivity contribution is 7.98. The molecule has 1 atom stereocenters. The highest BCUT2D eigenvalue weighted by Gasteiger charge is 2.27. The van der Waals surface area contributed by atoms with Gasteiger partial charge in [0.2, 0.25) is 5.95 Å². The predicted molar refractivity (Wildman–Crippen MR) is 95.0 cm³/mol. The summed E-state index contributed by atoms with van der Waals surface area (Å²) in [5, 5.41) is 4.18. The van der Waals surface area contributed by atoms with Crippen LogP contribution >= 0.6 is 23.4 Å². The van der Waals surface area contributed by atoms with E-state index in [1.54, 1.807) is 11.8 Å². The minimum absolute atomic E-state index is 0.242. The van der Waals surface area contributed by atoms with E-state index in [1.807, 2.05) is 12.5 Å². The van der Waals surface area contributed by atoms with Crippen molar-refractivity contribution in [1.29, 1.82) is 0 Å². The molecule has 0 bridgehead atoms. The summed E-state index contributed by atoms with van der Waals surface area (Å²) in [5.74, 6) is 0.726. The molecule has 1 aromatic rings. The fourth-order valence-electron chi connectivity index (χ4n) is 2.59. The van der Waals surface area contributed by atoms with Gasteiger partial charge in [-0.05, 0) is 26.3 Å². The second-order valence-corrected chi connectivity index (χ2v) is 6.87. The first-order valence-corrected chi connectivity index (χ1v) is 9.51. The van der Waals surface area contributed by atoms with Crippen LogP contribution in [0.3, 0.4) is 0 Å². The van der Waals surface area contributed by atoms with Gasteiger partial charge in [0.15, 0.2) is 0 Å². The highest BCUT2D eigenvalue weighted by atomic mass is 35.5. The van der Waals surface area contributed by atoms with Crippen LogP contribution in [0, 0.1) is 0 Å². The van der Waals surface area contributed by atoms with Crippen LogP contribution in [0.1, 0.15) is 26.2 Å². The van der Waals surface area contributed by atoms with Gasteiger partial charge in [0.1, 0.15) is 5.15 Å². The Kier molecular flexibility index (Phi) is 7.21. The summed E-state index contributed by atoms with van der Waals surface area (Å²) >= 11 is 7.81. The van der Waals surface area contributed by atoms with Crippen LogP contribution in [0.5, 0.6) is 0 Å². The van der Waals surface area contributed by atoms with Crippen molar-refractivity contribution < 1.29 is 0 Å². The fraction of sp³-hybridized carbons (Fsp3) is 0.733. The first kappa shape index (κ1) is 17.8. The Morgan fingerprint density at radius 2 is 2.23 bits per heavy atom. The van der Waals surface area contributed by atoms with Crippen LogP contribution in [0.2, 0.25) is 5.15 Å². The van der Waals surface area contributed by atoms with Gasteiger partial charge < -0.3 is 9.80 Å². The van der Waals surface area contributed by atoms with E-state index in [1.165, 1.54) is 19.3 Å². The normalized spacial score (nSPS) is 19.6. The number of nitrogens with one attached hydrogen (secondary N) is 1. The van der Waals surface area contributed by atoms with E-state index in [0.717, 1.165) is 37.0 Å². The average molecular weight is 344 g/mol. The van der Waals surface area contributed by atoms with Gasteiger partial charge in [0, 0.05) is 25.8 Å². The molecular formula is C15H26ClN5S. The lowest BCUT2D eigenvalue weighted by atomic mass is 10.2. The molecule has 1 unspecified atom stereocenters. The van der Waals surface area contributed by atoms with Gasteiger partial charge in [0.05, 0.1) is 11.1 Å². The number of halogens is 1. The Balaban J connectivity index is 2.06. The number of nitrogens with zero attached hydrogens (tertiary/aromatic N) is 4. The fourth-order valence-corrected chi connectivity index (χ4v) is 3.32. The van der Waals surface area contributed by atoms with E-state index in [9.17, 15) is 0 Å². The Labute approximate surface area is 142 Å². The summed E-state index contributed by atoms with van der Waals surface area (Å²) < 4.78 is 0. The lowest BCUT2D eigenvalue weighted by Gasteiger charge is -2.40. The molecule has 1 fully saturated rings. The number of anilines is 1. The number of likely N-dealkylation sites (N-methyl/N-ethyl adjacent to an activating group) is 1. The molecule has 0 amide bonds. The summed E-state index contributed by atoms with van der Waals surface area (Å²) in [6, 6.07) is 0. The zero-order valence-electron chi connectivity index (χ0n) is 13.7. The van der Waals surface area contributed by atoms with E-state index in [-0.39, 0.29) is 6.17 Å². The Hall–Kier alpha value is -0.560. The summed E-state index contributed by atoms with van der Waals surface area (Å²) in [4.78, 5) is 14.5. The third-order valence-corrected chi connectivity index (χ3v) is 5.06. The molecule has 0 saturated carbocycles. The SMILES string of the molecule is CCCCCNC1CN(C)CCN1c1ncc(SC)c(Cl)n1. The molecule has 0 spiro atoms. The maximum absolute atomic E-state index is 6.24. The standard InChI is InChI=1S/C15H26ClN5S/c1-4-5-6-7-17-13-11-20(2)8-9-21(13)15-18-10-12(22-3)14(16)19-15/h10,13,17H,4-9,11H2,1-3H3. The first-order valence-electron chi connectivity index (χ1n) is 7.90. The third kappa shape index (κ3) is 4.72. The second kappa shape index (κ2) is 8.91. The maximum Gasteiger partial charge on any atom is 0.228 e. The average Bonchev–Trinajstić information content (AvgIpc) is 2.51. The number of piperazine rings is 1. The zero-order chi connectivity index (χ0) is 15.9. The van der Waals surface area contributed by atoms with Crippen LogP contribution in [-0.4, -0.2) is 60.5 Å². The van der Waals surface area contributed by atoms with Gasteiger partial charge in [0.25, 0.3) is 0 Å².